The number of thiophene rings is 4. The van der Waals surface area contributed by atoms with Gasteiger partial charge < -0.3 is 9.13 Å². The maximum atomic E-state index is 12.9. The number of rotatable bonds is 4. The zero-order chi connectivity index (χ0) is 55.1. The second-order valence-corrected chi connectivity index (χ2v) is 26.1. The Hall–Kier alpha value is -10.2. The van der Waals surface area contributed by atoms with E-state index in [0.29, 0.717) is 16.8 Å². The Morgan fingerprint density at radius 3 is 0.988 bits per heavy atom. The van der Waals surface area contributed by atoms with Crippen LogP contribution in [-0.4, -0.2) is 9.13 Å². The van der Waals surface area contributed by atoms with Gasteiger partial charge in [0, 0.05) is 94.6 Å². The van der Waals surface area contributed by atoms with Crippen molar-refractivity contribution < 1.29 is 0 Å². The minimum absolute atomic E-state index is 0.421. The van der Waals surface area contributed by atoms with Crippen molar-refractivity contribution in [1.82, 2.24) is 9.13 Å². The lowest BCUT2D eigenvalue weighted by Crippen LogP contribution is -2.09. The van der Waals surface area contributed by atoms with Gasteiger partial charge in [-0.3, -0.25) is 0 Å². The highest BCUT2D eigenvalue weighted by atomic mass is 32.1. The Morgan fingerprint density at radius 1 is 0.310 bits per heavy atom. The molecular formula is C76H38N4S4. The third kappa shape index (κ3) is 6.06. The molecule has 0 saturated carbocycles. The third-order valence-corrected chi connectivity index (χ3v) is 22.5. The van der Waals surface area contributed by atoms with Gasteiger partial charge in [-0.25, -0.2) is 4.85 Å². The molecule has 19 rings (SSSR count). The van der Waals surface area contributed by atoms with Gasteiger partial charge in [0.25, 0.3) is 0 Å². The molecule has 0 aliphatic heterocycles. The summed E-state index contributed by atoms with van der Waals surface area (Å²) < 4.78 is 14.4. The average molecular weight is 1140 g/mol. The van der Waals surface area contributed by atoms with Crippen molar-refractivity contribution in [1.29, 1.82) is 5.26 Å². The Balaban J connectivity index is 1.16. The van der Waals surface area contributed by atoms with Crippen LogP contribution in [-0.2, 0) is 0 Å². The van der Waals surface area contributed by atoms with Gasteiger partial charge in [0.05, 0.1) is 64.4 Å². The van der Waals surface area contributed by atoms with Crippen molar-refractivity contribution in [2.75, 3.05) is 0 Å². The summed E-state index contributed by atoms with van der Waals surface area (Å²) in [6, 6.07) is 86.6. The van der Waals surface area contributed by atoms with Crippen LogP contribution in [0.5, 0.6) is 0 Å². The number of nitriles is 1. The molecule has 0 saturated heterocycles. The lowest BCUT2D eigenvalue weighted by Gasteiger charge is -2.27. The first kappa shape index (κ1) is 46.4. The molecule has 6 aromatic heterocycles. The predicted octanol–water partition coefficient (Wildman–Crippen LogP) is 23.4. The largest absolute Gasteiger partial charge is 0.316 e. The first-order chi connectivity index (χ1) is 41.6. The number of hydrogen-bond donors (Lipinski definition) is 0. The monoisotopic (exact) mass is 1130 g/mol. The zero-order valence-corrected chi connectivity index (χ0v) is 47.6. The van der Waals surface area contributed by atoms with Crippen LogP contribution in [0.4, 0.5) is 5.69 Å². The van der Waals surface area contributed by atoms with Crippen LogP contribution in [0.15, 0.2) is 231 Å². The SMILES string of the molecule is [C-]#[N+]c1c(-c2cccc3ccccc23)c(C#N)c(-n2c3c(ccc4c5ccccc5sc43)c3ccc4c5ccccc5sc4c32)c(-c2cccc3ccccc23)c1-n1c2c(ccc3c4ccccc4sc32)c2ccc3c4ccccc4sc3c21. The minimum Gasteiger partial charge on any atom is -0.316 e. The van der Waals surface area contributed by atoms with Crippen molar-refractivity contribution >= 4 is 197 Å². The second kappa shape index (κ2) is 17.2. The Morgan fingerprint density at radius 2 is 0.619 bits per heavy atom. The van der Waals surface area contributed by atoms with E-state index in [1.807, 2.05) is 45.3 Å². The summed E-state index contributed by atoms with van der Waals surface area (Å²) in [6.07, 6.45) is 0. The van der Waals surface area contributed by atoms with E-state index in [1.165, 1.54) is 61.9 Å². The summed E-state index contributed by atoms with van der Waals surface area (Å²) in [7, 11) is 0. The molecule has 0 amide bonds. The number of aromatic nitrogens is 2. The fourth-order valence-corrected chi connectivity index (χ4v) is 19.3. The van der Waals surface area contributed by atoms with E-state index in [1.54, 1.807) is 0 Å². The van der Waals surface area contributed by atoms with E-state index in [2.05, 4.69) is 246 Å². The summed E-state index contributed by atoms with van der Waals surface area (Å²) >= 11 is 7.26. The molecule has 0 radical (unpaired) electrons. The van der Waals surface area contributed by atoms with Gasteiger partial charge >= 0.3 is 0 Å². The minimum atomic E-state index is 0.421. The molecule has 0 N–H and O–H groups in total. The van der Waals surface area contributed by atoms with E-state index in [0.717, 1.165) is 112 Å². The average Bonchev–Trinajstić information content (AvgIpc) is 1.64. The van der Waals surface area contributed by atoms with Gasteiger partial charge in [0.2, 0.25) is 5.69 Å². The van der Waals surface area contributed by atoms with Gasteiger partial charge in [-0.1, -0.05) is 206 Å². The zero-order valence-electron chi connectivity index (χ0n) is 44.4. The first-order valence-corrected chi connectivity index (χ1v) is 31.3. The van der Waals surface area contributed by atoms with Crippen molar-refractivity contribution in [2.45, 2.75) is 0 Å². The highest BCUT2D eigenvalue weighted by molar-refractivity contribution is 7.28. The standard InChI is InChI=1S/C76H38N4S4/c1-78-66-64(49-26-14-18-41-16-2-4-20-43(41)49)59(40-77)67(79-68-51(32-36-55-45-22-6-10-28-60(45)81-73(55)68)52-33-37-56-46-23-7-11-29-61(46)82-74(56)69(52)79)65(50-27-15-19-42-17-3-5-21-44(42)50)72(66)80-70-53(34-38-57-47-24-8-12-30-62(47)83-75(57)70)54-35-39-58-48-25-9-13-31-63(48)84-76(58)71(54)80/h2-39H. The van der Waals surface area contributed by atoms with Crippen molar-refractivity contribution in [3.05, 3.63) is 248 Å². The van der Waals surface area contributed by atoms with Crippen LogP contribution in [0.3, 0.4) is 0 Å². The molecule has 19 aromatic rings. The topological polar surface area (TPSA) is 38.0 Å². The number of fused-ring (bicyclic) bond motifs is 24. The summed E-state index contributed by atoms with van der Waals surface area (Å²) in [5.74, 6) is 0. The Bertz CT molecular complexity index is 5710. The van der Waals surface area contributed by atoms with Crippen molar-refractivity contribution in [2.24, 2.45) is 0 Å². The van der Waals surface area contributed by atoms with E-state index in [9.17, 15) is 11.8 Å². The van der Waals surface area contributed by atoms with Crippen LogP contribution < -0.4 is 0 Å². The molecule has 0 atom stereocenters. The summed E-state index contributed by atoms with van der Waals surface area (Å²) in [4.78, 5) is 4.93. The lowest BCUT2D eigenvalue weighted by molar-refractivity contribution is 1.15. The van der Waals surface area contributed by atoms with Gasteiger partial charge in [-0.15, -0.1) is 45.3 Å². The molecule has 6 heterocycles. The highest BCUT2D eigenvalue weighted by Crippen LogP contribution is 2.58. The molecule has 0 unspecified atom stereocenters. The molecule has 386 valence electrons. The smallest absolute Gasteiger partial charge is 0.220 e. The third-order valence-electron chi connectivity index (χ3n) is 17.8. The van der Waals surface area contributed by atoms with Crippen LogP contribution in [0, 0.1) is 17.9 Å². The maximum absolute atomic E-state index is 12.9. The normalized spacial score (nSPS) is 12.3. The number of hydrogen-bond acceptors (Lipinski definition) is 5. The summed E-state index contributed by atoms with van der Waals surface area (Å²) in [5, 5.41) is 30.9. The number of benzene rings is 13. The van der Waals surface area contributed by atoms with Crippen LogP contribution in [0.2, 0.25) is 0 Å². The fraction of sp³-hybridized carbons (Fsp3) is 0. The number of nitrogens with zero attached hydrogens (tertiary/aromatic N) is 4. The van der Waals surface area contributed by atoms with E-state index >= 15 is 0 Å². The van der Waals surface area contributed by atoms with Crippen molar-refractivity contribution in [3.63, 3.8) is 0 Å². The van der Waals surface area contributed by atoms with E-state index < -0.39 is 0 Å². The van der Waals surface area contributed by atoms with Crippen LogP contribution in [0.25, 0.3) is 184 Å². The molecule has 4 nitrogen and oxygen atoms in total. The highest BCUT2D eigenvalue weighted by Gasteiger charge is 2.35. The van der Waals surface area contributed by atoms with Crippen LogP contribution >= 0.6 is 45.3 Å². The van der Waals surface area contributed by atoms with Crippen molar-refractivity contribution in [3.8, 4) is 39.7 Å². The maximum Gasteiger partial charge on any atom is 0.220 e. The molecule has 84 heavy (non-hydrogen) atoms. The Kier molecular flexibility index (Phi) is 9.51. The lowest BCUT2D eigenvalue weighted by atomic mass is 9.85. The molecule has 0 fully saturated rings. The summed E-state index contributed by atoms with van der Waals surface area (Å²) in [6.45, 7) is 10.0. The second-order valence-electron chi connectivity index (χ2n) is 21.9. The molecule has 8 heteroatoms. The first-order valence-electron chi connectivity index (χ1n) is 28.0. The van der Waals surface area contributed by atoms with E-state index in [4.69, 9.17) is 4.85 Å². The van der Waals surface area contributed by atoms with Gasteiger partial charge in [0.15, 0.2) is 0 Å². The molecule has 0 bridgehead atoms. The van der Waals surface area contributed by atoms with Gasteiger partial charge in [0.1, 0.15) is 6.07 Å². The molecular weight excluding hydrogens is 1100 g/mol. The molecule has 0 aliphatic rings. The summed E-state index contributed by atoms with van der Waals surface area (Å²) in [5.41, 5.74) is 9.73. The van der Waals surface area contributed by atoms with Crippen LogP contribution in [0.1, 0.15) is 5.56 Å². The predicted molar refractivity (Wildman–Crippen MR) is 364 cm³/mol. The fourth-order valence-electron chi connectivity index (χ4n) is 14.3. The quantitative estimate of drug-likeness (QED) is 0.162. The van der Waals surface area contributed by atoms with Gasteiger partial charge in [-0.2, -0.15) is 5.26 Å². The molecule has 0 spiro atoms. The van der Waals surface area contributed by atoms with Gasteiger partial charge in [-0.05, 0) is 56.9 Å². The molecule has 13 aromatic carbocycles. The Labute approximate surface area is 494 Å². The molecule has 0 aliphatic carbocycles. The van der Waals surface area contributed by atoms with E-state index in [-0.39, 0.29) is 0 Å².